The molecule has 0 fully saturated rings. The van der Waals surface area contributed by atoms with Crippen LogP contribution in [0.25, 0.3) is 0 Å². The molecule has 1 aliphatic rings. The Hall–Kier alpha value is -0.800. The third-order valence-corrected chi connectivity index (χ3v) is 4.84. The molecule has 0 amide bonds. The van der Waals surface area contributed by atoms with E-state index in [1.54, 1.807) is 0 Å². The molecule has 3 nitrogen and oxygen atoms in total. The Morgan fingerprint density at radius 2 is 2.00 bits per heavy atom. The van der Waals surface area contributed by atoms with Crippen molar-refractivity contribution in [2.45, 2.75) is 59.5 Å². The first-order valence-corrected chi connectivity index (χ1v) is 8.23. The van der Waals surface area contributed by atoms with Crippen molar-refractivity contribution in [3.05, 3.63) is 23.0 Å². The molecule has 0 bridgehead atoms. The van der Waals surface area contributed by atoms with Gasteiger partial charge in [-0.25, -0.2) is 0 Å². The van der Waals surface area contributed by atoms with Crippen LogP contribution in [0.15, 0.2) is 6.07 Å². The van der Waals surface area contributed by atoms with Gasteiger partial charge in [-0.05, 0) is 56.8 Å². The van der Waals surface area contributed by atoms with E-state index < -0.39 is 0 Å². The van der Waals surface area contributed by atoms with Crippen molar-refractivity contribution >= 4 is 0 Å². The van der Waals surface area contributed by atoms with Gasteiger partial charge in [-0.15, -0.1) is 0 Å². The normalized spacial score (nSPS) is 22.7. The van der Waals surface area contributed by atoms with Gasteiger partial charge in [-0.2, -0.15) is 0 Å². The number of fused-ring (bicyclic) bond motifs is 1. The average Bonchev–Trinajstić information content (AvgIpc) is 2.61. The van der Waals surface area contributed by atoms with Gasteiger partial charge in [0.2, 0.25) is 0 Å². The van der Waals surface area contributed by atoms with Gasteiger partial charge < -0.3 is 15.2 Å². The maximum Gasteiger partial charge on any atom is 0.0485 e. The fourth-order valence-corrected chi connectivity index (χ4v) is 3.90. The largest absolute Gasteiger partial charge is 0.344 e. The van der Waals surface area contributed by atoms with Crippen LogP contribution in [0.3, 0.4) is 0 Å². The highest BCUT2D eigenvalue weighted by molar-refractivity contribution is 5.34. The smallest absolute Gasteiger partial charge is 0.0485 e. The van der Waals surface area contributed by atoms with Crippen LogP contribution < -0.4 is 5.73 Å². The zero-order valence-corrected chi connectivity index (χ0v) is 14.9. The van der Waals surface area contributed by atoms with E-state index in [9.17, 15) is 0 Å². The molecule has 3 heteroatoms. The number of nitrogens with two attached hydrogens (primary N) is 1. The Morgan fingerprint density at radius 1 is 1.38 bits per heavy atom. The molecule has 120 valence electrons. The van der Waals surface area contributed by atoms with Gasteiger partial charge in [0, 0.05) is 30.0 Å². The van der Waals surface area contributed by atoms with Gasteiger partial charge in [0.1, 0.15) is 0 Å². The molecule has 2 unspecified atom stereocenters. The number of likely N-dealkylation sites (N-methyl/N-ethyl adjacent to an activating group) is 1. The quantitative estimate of drug-likeness (QED) is 0.921. The fourth-order valence-electron chi connectivity index (χ4n) is 3.90. The average molecular weight is 291 g/mol. The van der Waals surface area contributed by atoms with E-state index >= 15 is 0 Å². The Morgan fingerprint density at radius 3 is 2.52 bits per heavy atom. The molecule has 21 heavy (non-hydrogen) atoms. The summed E-state index contributed by atoms with van der Waals surface area (Å²) in [7, 11) is 4.33. The molecule has 0 saturated carbocycles. The lowest BCUT2D eigenvalue weighted by Gasteiger charge is -2.37. The number of rotatable bonds is 4. The van der Waals surface area contributed by atoms with E-state index in [4.69, 9.17) is 5.73 Å². The maximum atomic E-state index is 6.46. The lowest BCUT2D eigenvalue weighted by molar-refractivity contribution is 0.238. The number of nitrogens with zero attached hydrogens (tertiary/aromatic N) is 2. The molecular weight excluding hydrogens is 258 g/mol. The van der Waals surface area contributed by atoms with Crippen molar-refractivity contribution in [3.8, 4) is 0 Å². The van der Waals surface area contributed by atoms with Crippen molar-refractivity contribution in [1.82, 2.24) is 9.47 Å². The summed E-state index contributed by atoms with van der Waals surface area (Å²) in [6.45, 7) is 12.7. The molecule has 1 aliphatic carbocycles. The van der Waals surface area contributed by atoms with Gasteiger partial charge >= 0.3 is 0 Å². The molecular formula is C18H33N3. The lowest BCUT2D eigenvalue weighted by Crippen LogP contribution is -2.34. The van der Waals surface area contributed by atoms with Crippen LogP contribution in [0, 0.1) is 18.3 Å². The number of aromatic nitrogens is 1. The predicted molar refractivity (Wildman–Crippen MR) is 90.6 cm³/mol. The van der Waals surface area contributed by atoms with E-state index in [1.807, 2.05) is 0 Å². The van der Waals surface area contributed by atoms with Crippen LogP contribution in [0.2, 0.25) is 0 Å². The molecule has 0 saturated heterocycles. The maximum absolute atomic E-state index is 6.46. The zero-order chi connectivity index (χ0) is 15.9. The highest BCUT2D eigenvalue weighted by atomic mass is 15.1. The summed E-state index contributed by atoms with van der Waals surface area (Å²) < 4.78 is 2.58. The van der Waals surface area contributed by atoms with Crippen molar-refractivity contribution < 1.29 is 0 Å². The van der Waals surface area contributed by atoms with E-state index in [-0.39, 0.29) is 6.04 Å². The third kappa shape index (κ3) is 3.35. The number of hydrogen-bond acceptors (Lipinski definition) is 2. The summed E-state index contributed by atoms with van der Waals surface area (Å²) in [6.07, 6.45) is 2.23. The molecule has 1 heterocycles. The Bertz CT molecular complexity index is 497. The Labute approximate surface area is 130 Å². The first-order chi connectivity index (χ1) is 9.62. The first-order valence-electron chi connectivity index (χ1n) is 8.23. The summed E-state index contributed by atoms with van der Waals surface area (Å²) in [5, 5.41) is 0. The molecule has 2 atom stereocenters. The summed E-state index contributed by atoms with van der Waals surface area (Å²) >= 11 is 0. The van der Waals surface area contributed by atoms with Crippen LogP contribution in [0.5, 0.6) is 0 Å². The third-order valence-electron chi connectivity index (χ3n) is 4.84. The number of hydrogen-bond donors (Lipinski definition) is 1. The van der Waals surface area contributed by atoms with Crippen molar-refractivity contribution in [3.63, 3.8) is 0 Å². The molecule has 1 aromatic heterocycles. The molecule has 0 aromatic carbocycles. The van der Waals surface area contributed by atoms with Gasteiger partial charge in [0.05, 0.1) is 0 Å². The Balaban J connectivity index is 2.49. The van der Waals surface area contributed by atoms with Crippen molar-refractivity contribution in [2.24, 2.45) is 17.1 Å². The van der Waals surface area contributed by atoms with Gasteiger partial charge in [0.25, 0.3) is 0 Å². The van der Waals surface area contributed by atoms with Crippen LogP contribution in [0.1, 0.15) is 63.2 Å². The van der Waals surface area contributed by atoms with Crippen LogP contribution in [0.4, 0.5) is 0 Å². The molecule has 1 aromatic rings. The van der Waals surface area contributed by atoms with Gasteiger partial charge in [0.15, 0.2) is 0 Å². The van der Waals surface area contributed by atoms with E-state index in [0.29, 0.717) is 17.4 Å². The molecule has 0 aliphatic heterocycles. The second kappa shape index (κ2) is 5.77. The van der Waals surface area contributed by atoms with Crippen molar-refractivity contribution in [2.75, 3.05) is 20.6 Å². The predicted octanol–water partition coefficient (Wildman–Crippen LogP) is 3.53. The van der Waals surface area contributed by atoms with Crippen molar-refractivity contribution in [1.29, 1.82) is 0 Å². The molecule has 0 spiro atoms. The Kier molecular flexibility index (Phi) is 4.55. The topological polar surface area (TPSA) is 34.2 Å². The van der Waals surface area contributed by atoms with Crippen LogP contribution >= 0.6 is 0 Å². The van der Waals surface area contributed by atoms with Gasteiger partial charge in [-0.3, -0.25) is 0 Å². The van der Waals surface area contributed by atoms with E-state index in [0.717, 1.165) is 19.4 Å². The lowest BCUT2D eigenvalue weighted by atomic mass is 9.74. The highest BCUT2D eigenvalue weighted by Crippen LogP contribution is 2.42. The molecule has 2 N–H and O–H groups in total. The van der Waals surface area contributed by atoms with E-state index in [2.05, 4.69) is 64.2 Å². The molecule has 0 radical (unpaired) electrons. The highest BCUT2D eigenvalue weighted by Gasteiger charge is 2.35. The monoisotopic (exact) mass is 291 g/mol. The fraction of sp³-hybridized carbons (Fsp3) is 0.778. The summed E-state index contributed by atoms with van der Waals surface area (Å²) in [4.78, 5) is 2.30. The van der Waals surface area contributed by atoms with Gasteiger partial charge in [-0.1, -0.05) is 27.7 Å². The second-order valence-corrected chi connectivity index (χ2v) is 8.28. The summed E-state index contributed by atoms with van der Waals surface area (Å²) in [6, 6.07) is 3.04. The SMILES string of the molecule is Cc1cc2c(n1C(CN(C)C)C(C)C)CC(C)(C)CC2N. The van der Waals surface area contributed by atoms with E-state index in [1.165, 1.54) is 17.0 Å². The first kappa shape index (κ1) is 16.6. The minimum absolute atomic E-state index is 0.191. The minimum atomic E-state index is 0.191. The van der Waals surface area contributed by atoms with Crippen LogP contribution in [-0.2, 0) is 6.42 Å². The van der Waals surface area contributed by atoms with Crippen LogP contribution in [-0.4, -0.2) is 30.1 Å². The number of aryl methyl sites for hydroxylation is 1. The molecule has 2 rings (SSSR count). The minimum Gasteiger partial charge on any atom is -0.344 e. The zero-order valence-electron chi connectivity index (χ0n) is 14.9. The second-order valence-electron chi connectivity index (χ2n) is 8.28. The summed E-state index contributed by atoms with van der Waals surface area (Å²) in [5.41, 5.74) is 11.0. The standard InChI is InChI=1S/C18H33N3/c1-12(2)17(11-20(6)7)21-13(3)8-14-15(19)9-18(4,5)10-16(14)21/h8,12,15,17H,9-11,19H2,1-7H3. The summed E-state index contributed by atoms with van der Waals surface area (Å²) in [5.74, 6) is 0.615.